The number of thiazole rings is 1. The van der Waals surface area contributed by atoms with Crippen LogP contribution in [0.15, 0.2) is 76.0 Å². The number of benzene rings is 3. The lowest BCUT2D eigenvalue weighted by atomic mass is 10.1. The Balaban J connectivity index is 1.48. The number of aryl methyl sites for hydroxylation is 1. The van der Waals surface area contributed by atoms with E-state index in [0.29, 0.717) is 34.0 Å². The Hall–Kier alpha value is -4.15. The fraction of sp³-hybridized carbons (Fsp3) is 0.107. The Morgan fingerprint density at radius 2 is 1.79 bits per heavy atom. The number of esters is 1. The number of anilines is 1. The van der Waals surface area contributed by atoms with Crippen molar-refractivity contribution >= 4 is 55.4 Å². The molecule has 0 saturated heterocycles. The van der Waals surface area contributed by atoms with Gasteiger partial charge in [-0.15, -0.1) is 5.10 Å². The first-order valence-corrected chi connectivity index (χ1v) is 13.3. The first-order chi connectivity index (χ1) is 18.3. The highest BCUT2D eigenvalue weighted by atomic mass is 79.9. The Bertz CT molecular complexity index is 1880. The van der Waals surface area contributed by atoms with E-state index in [1.165, 1.54) is 11.4 Å². The van der Waals surface area contributed by atoms with Gasteiger partial charge in [0.1, 0.15) is 10.3 Å². The van der Waals surface area contributed by atoms with Gasteiger partial charge in [-0.05, 0) is 42.8 Å². The monoisotopic (exact) mass is 586 g/mol. The molecule has 1 aliphatic heterocycles. The number of amides is 1. The molecule has 38 heavy (non-hydrogen) atoms. The minimum Gasteiger partial charge on any atom is -0.426 e. The zero-order chi connectivity index (χ0) is 26.6. The second-order valence-corrected chi connectivity index (χ2v) is 10.8. The van der Waals surface area contributed by atoms with E-state index in [4.69, 9.17) is 4.74 Å². The topological polar surface area (TPSA) is 93.9 Å². The van der Waals surface area contributed by atoms with Gasteiger partial charge in [-0.25, -0.2) is 0 Å². The zero-order valence-electron chi connectivity index (χ0n) is 20.3. The van der Waals surface area contributed by atoms with Gasteiger partial charge in [0, 0.05) is 17.0 Å². The van der Waals surface area contributed by atoms with E-state index < -0.39 is 11.5 Å². The summed E-state index contributed by atoms with van der Waals surface area (Å²) in [7, 11) is 0. The van der Waals surface area contributed by atoms with E-state index in [1.54, 1.807) is 29.2 Å². The average Bonchev–Trinajstić information content (AvgIpc) is 3.51. The van der Waals surface area contributed by atoms with Crippen LogP contribution < -0.4 is 19.7 Å². The number of halogens is 1. The first-order valence-electron chi connectivity index (χ1n) is 11.7. The molecule has 10 heteroatoms. The van der Waals surface area contributed by atoms with Gasteiger partial charge in [-0.2, -0.15) is 9.50 Å². The number of hydrogen-bond donors (Lipinski definition) is 0. The Morgan fingerprint density at radius 3 is 2.53 bits per heavy atom. The number of hydrogen-bond acceptors (Lipinski definition) is 7. The number of carbonyl (C=O) groups is 2. The SMILES string of the molecule is CC(=O)Oc1ccccc1-c1nc2sc(=C3C(=O)N(Cc4ccc(C)cc4)c4ccc(Br)cc43)c(=O)n2n1. The van der Waals surface area contributed by atoms with Crippen molar-refractivity contribution in [1.82, 2.24) is 14.6 Å². The predicted octanol–water partition coefficient (Wildman–Crippen LogP) is 4.28. The van der Waals surface area contributed by atoms with Crippen LogP contribution in [0.3, 0.4) is 0 Å². The second kappa shape index (κ2) is 9.30. The standard InChI is InChI=1S/C28H19BrN4O4S/c1-15-7-9-17(10-8-15)14-32-21-12-11-18(29)13-20(21)23(26(32)35)24-27(36)33-28(38-24)30-25(31-33)19-5-3-4-6-22(19)37-16(2)34/h3-13H,14H2,1-2H3. The van der Waals surface area contributed by atoms with Gasteiger partial charge >= 0.3 is 5.97 Å². The quantitative estimate of drug-likeness (QED) is 0.230. The second-order valence-electron chi connectivity index (χ2n) is 8.87. The van der Waals surface area contributed by atoms with E-state index in [1.807, 2.05) is 49.4 Å². The molecule has 0 unspecified atom stereocenters. The molecule has 0 fully saturated rings. The third kappa shape index (κ3) is 4.11. The van der Waals surface area contributed by atoms with Crippen LogP contribution in [-0.4, -0.2) is 26.5 Å². The molecule has 8 nitrogen and oxygen atoms in total. The van der Waals surface area contributed by atoms with Crippen LogP contribution in [0, 0.1) is 6.92 Å². The molecule has 0 radical (unpaired) electrons. The van der Waals surface area contributed by atoms with Crippen molar-refractivity contribution in [2.75, 3.05) is 4.90 Å². The fourth-order valence-electron chi connectivity index (χ4n) is 4.45. The number of ether oxygens (including phenoxy) is 1. The summed E-state index contributed by atoms with van der Waals surface area (Å²) in [5.74, 6) is -0.164. The highest BCUT2D eigenvalue weighted by Gasteiger charge is 2.35. The van der Waals surface area contributed by atoms with Crippen LogP contribution in [-0.2, 0) is 16.1 Å². The molecule has 0 saturated carbocycles. The van der Waals surface area contributed by atoms with Gasteiger partial charge in [0.05, 0.1) is 23.4 Å². The largest absolute Gasteiger partial charge is 0.426 e. The summed E-state index contributed by atoms with van der Waals surface area (Å²) in [5.41, 5.74) is 3.93. The van der Waals surface area contributed by atoms with Crippen molar-refractivity contribution in [3.63, 3.8) is 0 Å². The van der Waals surface area contributed by atoms with E-state index in [0.717, 1.165) is 32.6 Å². The Labute approximate surface area is 228 Å². The van der Waals surface area contributed by atoms with Gasteiger partial charge in [0.25, 0.3) is 11.5 Å². The highest BCUT2D eigenvalue weighted by Crippen LogP contribution is 2.38. The lowest BCUT2D eigenvalue weighted by Crippen LogP contribution is -2.32. The molecule has 2 aromatic heterocycles. The lowest BCUT2D eigenvalue weighted by Gasteiger charge is -2.17. The fourth-order valence-corrected chi connectivity index (χ4v) is 5.81. The van der Waals surface area contributed by atoms with E-state index in [2.05, 4.69) is 26.0 Å². The molecule has 5 aromatic rings. The number of rotatable bonds is 4. The summed E-state index contributed by atoms with van der Waals surface area (Å²) in [6, 6.07) is 20.5. The maximum absolute atomic E-state index is 13.8. The Kier molecular flexibility index (Phi) is 5.93. The highest BCUT2D eigenvalue weighted by molar-refractivity contribution is 9.10. The first kappa shape index (κ1) is 24.2. The number of para-hydroxylation sites is 1. The summed E-state index contributed by atoms with van der Waals surface area (Å²) in [6.07, 6.45) is 0. The molecule has 0 N–H and O–H groups in total. The van der Waals surface area contributed by atoms with Gasteiger partial charge in [0.15, 0.2) is 5.82 Å². The Morgan fingerprint density at radius 1 is 1.03 bits per heavy atom. The van der Waals surface area contributed by atoms with Crippen molar-refractivity contribution in [2.24, 2.45) is 0 Å². The molecule has 3 aromatic carbocycles. The minimum atomic E-state index is -0.471. The van der Waals surface area contributed by atoms with Crippen LogP contribution >= 0.6 is 27.3 Å². The molecule has 3 heterocycles. The number of nitrogens with zero attached hydrogens (tertiary/aromatic N) is 4. The van der Waals surface area contributed by atoms with Crippen LogP contribution in [0.4, 0.5) is 5.69 Å². The van der Waals surface area contributed by atoms with Gasteiger partial charge < -0.3 is 9.64 Å². The number of fused-ring (bicyclic) bond motifs is 2. The van der Waals surface area contributed by atoms with Gasteiger partial charge in [0.2, 0.25) is 4.96 Å². The van der Waals surface area contributed by atoms with E-state index >= 15 is 0 Å². The van der Waals surface area contributed by atoms with E-state index in [-0.39, 0.29) is 16.3 Å². The molecule has 188 valence electrons. The molecular formula is C28H19BrN4O4S. The van der Waals surface area contributed by atoms with Crippen LogP contribution in [0.5, 0.6) is 5.75 Å². The minimum absolute atomic E-state index is 0.249. The molecule has 0 bridgehead atoms. The smallest absolute Gasteiger partial charge is 0.308 e. The number of carbonyl (C=O) groups excluding carboxylic acids is 2. The molecule has 0 aliphatic carbocycles. The maximum atomic E-state index is 13.8. The third-order valence-corrected chi connectivity index (χ3v) is 7.73. The van der Waals surface area contributed by atoms with Crippen molar-refractivity contribution < 1.29 is 14.3 Å². The van der Waals surface area contributed by atoms with Crippen molar-refractivity contribution in [1.29, 1.82) is 0 Å². The summed E-state index contributed by atoms with van der Waals surface area (Å²) in [6.45, 7) is 3.70. The summed E-state index contributed by atoms with van der Waals surface area (Å²) in [4.78, 5) is 45.4. The molecule has 0 atom stereocenters. The lowest BCUT2D eigenvalue weighted by molar-refractivity contribution is -0.131. The molecular weight excluding hydrogens is 568 g/mol. The predicted molar refractivity (Wildman–Crippen MR) is 148 cm³/mol. The van der Waals surface area contributed by atoms with Crippen LogP contribution in [0.25, 0.3) is 21.9 Å². The van der Waals surface area contributed by atoms with Crippen LogP contribution in [0.2, 0.25) is 0 Å². The summed E-state index contributed by atoms with van der Waals surface area (Å²) >= 11 is 4.61. The maximum Gasteiger partial charge on any atom is 0.308 e. The normalized spacial score (nSPS) is 14.3. The van der Waals surface area contributed by atoms with E-state index in [9.17, 15) is 14.4 Å². The average molecular weight is 587 g/mol. The van der Waals surface area contributed by atoms with Gasteiger partial charge in [-0.1, -0.05) is 69.2 Å². The third-order valence-electron chi connectivity index (χ3n) is 6.21. The van der Waals surface area contributed by atoms with Crippen LogP contribution in [0.1, 0.15) is 23.6 Å². The molecule has 1 amide bonds. The zero-order valence-corrected chi connectivity index (χ0v) is 22.7. The van der Waals surface area contributed by atoms with Crippen molar-refractivity contribution in [2.45, 2.75) is 20.4 Å². The van der Waals surface area contributed by atoms with Gasteiger partial charge in [-0.3, -0.25) is 14.4 Å². The molecule has 6 rings (SSSR count). The van der Waals surface area contributed by atoms with Crippen molar-refractivity contribution in [3.05, 3.63) is 103 Å². The summed E-state index contributed by atoms with van der Waals surface area (Å²) < 4.78 is 7.55. The molecule has 0 spiro atoms. The molecule has 1 aliphatic rings. The number of aromatic nitrogens is 3. The summed E-state index contributed by atoms with van der Waals surface area (Å²) in [5, 5.41) is 4.40. The van der Waals surface area contributed by atoms with Crippen molar-refractivity contribution in [3.8, 4) is 17.1 Å².